The van der Waals surface area contributed by atoms with Crippen LogP contribution in [0.5, 0.6) is 11.5 Å². The largest absolute Gasteiger partial charge is 0.497 e. The van der Waals surface area contributed by atoms with Crippen LogP contribution in [0.25, 0.3) is 0 Å². The summed E-state index contributed by atoms with van der Waals surface area (Å²) in [4.78, 5) is 12.2. The van der Waals surface area contributed by atoms with Gasteiger partial charge in [-0.3, -0.25) is 9.52 Å². The van der Waals surface area contributed by atoms with Gasteiger partial charge in [0.2, 0.25) is 0 Å². The van der Waals surface area contributed by atoms with Crippen molar-refractivity contribution in [3.8, 4) is 11.5 Å². The Balaban J connectivity index is 1.54. The maximum atomic E-state index is 13.0. The fraction of sp³-hybridized carbons (Fsp3) is 0.174. The molecule has 3 aromatic carbocycles. The molecule has 9 heteroatoms. The molecule has 0 fully saturated rings. The van der Waals surface area contributed by atoms with Crippen LogP contribution >= 0.6 is 0 Å². The predicted molar refractivity (Wildman–Crippen MR) is 119 cm³/mol. The lowest BCUT2D eigenvalue weighted by molar-refractivity contribution is -0.123. The van der Waals surface area contributed by atoms with Gasteiger partial charge in [0.1, 0.15) is 17.3 Å². The van der Waals surface area contributed by atoms with E-state index in [2.05, 4.69) is 10.0 Å². The number of carbonyl (C=O) groups excluding carboxylic acids is 1. The fourth-order valence-corrected chi connectivity index (χ4v) is 3.91. The number of carbonyl (C=O) groups is 1. The number of hydrogen-bond donors (Lipinski definition) is 2. The van der Waals surface area contributed by atoms with Crippen LogP contribution < -0.4 is 19.5 Å². The summed E-state index contributed by atoms with van der Waals surface area (Å²) in [6, 6.07) is 17.7. The van der Waals surface area contributed by atoms with Crippen LogP contribution in [0, 0.1) is 5.82 Å². The molecule has 2 N–H and O–H groups in total. The summed E-state index contributed by atoms with van der Waals surface area (Å²) in [7, 11) is -2.26. The third-order valence-corrected chi connectivity index (χ3v) is 5.99. The van der Waals surface area contributed by atoms with Gasteiger partial charge in [-0.2, -0.15) is 0 Å². The van der Waals surface area contributed by atoms with Crippen LogP contribution in [0.2, 0.25) is 0 Å². The molecular formula is C23H23FN2O5S. The minimum absolute atomic E-state index is 0.0510. The fourth-order valence-electron chi connectivity index (χ4n) is 2.85. The standard InChI is InChI=1S/C23H23FN2O5S/c1-16(17-3-5-18(24)6-4-17)25-23(27)15-31-21-11-13-22(14-12-21)32(28,29)26-19-7-9-20(30-2)10-8-19/h3-14,16,26H,15H2,1-2H3,(H,25,27)/t16-/m1/s1. The Hall–Kier alpha value is -3.59. The Morgan fingerprint density at radius 1 is 0.938 bits per heavy atom. The van der Waals surface area contributed by atoms with Crippen LogP contribution in [0.15, 0.2) is 77.7 Å². The van der Waals surface area contributed by atoms with E-state index < -0.39 is 10.0 Å². The molecule has 7 nitrogen and oxygen atoms in total. The highest BCUT2D eigenvalue weighted by molar-refractivity contribution is 7.92. The van der Waals surface area contributed by atoms with Gasteiger partial charge in [0, 0.05) is 5.69 Å². The number of nitrogens with one attached hydrogen (secondary N) is 2. The van der Waals surface area contributed by atoms with E-state index in [4.69, 9.17) is 9.47 Å². The van der Waals surface area contributed by atoms with E-state index in [9.17, 15) is 17.6 Å². The molecule has 0 aliphatic heterocycles. The zero-order chi connectivity index (χ0) is 23.1. The summed E-state index contributed by atoms with van der Waals surface area (Å²) in [6.07, 6.45) is 0. The summed E-state index contributed by atoms with van der Waals surface area (Å²) < 4.78 is 51.1. The number of anilines is 1. The van der Waals surface area contributed by atoms with E-state index in [0.717, 1.165) is 5.56 Å². The molecule has 32 heavy (non-hydrogen) atoms. The van der Waals surface area contributed by atoms with Gasteiger partial charge in [-0.1, -0.05) is 12.1 Å². The first-order valence-electron chi connectivity index (χ1n) is 9.71. The molecule has 0 radical (unpaired) electrons. The van der Waals surface area contributed by atoms with Gasteiger partial charge in [-0.15, -0.1) is 0 Å². The number of halogens is 1. The third kappa shape index (κ3) is 6.21. The molecule has 0 aliphatic rings. The Morgan fingerprint density at radius 2 is 1.53 bits per heavy atom. The van der Waals surface area contributed by atoms with Crippen molar-refractivity contribution in [1.29, 1.82) is 0 Å². The normalized spacial score (nSPS) is 12.0. The smallest absolute Gasteiger partial charge is 0.261 e. The molecule has 0 saturated carbocycles. The minimum Gasteiger partial charge on any atom is -0.497 e. The van der Waals surface area contributed by atoms with E-state index in [1.807, 2.05) is 0 Å². The topological polar surface area (TPSA) is 93.7 Å². The molecule has 0 aliphatic carbocycles. The number of hydrogen-bond acceptors (Lipinski definition) is 5. The van der Waals surface area contributed by atoms with Crippen molar-refractivity contribution in [1.82, 2.24) is 5.32 Å². The van der Waals surface area contributed by atoms with Crippen LogP contribution in [0.4, 0.5) is 10.1 Å². The zero-order valence-electron chi connectivity index (χ0n) is 17.5. The third-order valence-electron chi connectivity index (χ3n) is 4.59. The van der Waals surface area contributed by atoms with Gasteiger partial charge in [-0.25, -0.2) is 12.8 Å². The van der Waals surface area contributed by atoms with Crippen molar-refractivity contribution in [3.05, 3.63) is 84.2 Å². The number of rotatable bonds is 9. The van der Waals surface area contributed by atoms with Gasteiger partial charge in [0.25, 0.3) is 15.9 Å². The Bertz CT molecular complexity index is 1150. The summed E-state index contributed by atoms with van der Waals surface area (Å²) in [5.41, 5.74) is 1.16. The lowest BCUT2D eigenvalue weighted by Gasteiger charge is -2.15. The molecule has 1 amide bonds. The first-order valence-corrected chi connectivity index (χ1v) is 11.2. The van der Waals surface area contributed by atoms with Crippen molar-refractivity contribution in [2.45, 2.75) is 17.9 Å². The first kappa shape index (κ1) is 23.1. The predicted octanol–water partition coefficient (Wildman–Crippen LogP) is 3.89. The van der Waals surface area contributed by atoms with E-state index in [1.165, 1.54) is 43.5 Å². The van der Waals surface area contributed by atoms with Crippen LogP contribution in [0.1, 0.15) is 18.5 Å². The minimum atomic E-state index is -3.78. The molecule has 1 atom stereocenters. The van der Waals surface area contributed by atoms with Crippen LogP contribution in [0.3, 0.4) is 0 Å². The summed E-state index contributed by atoms with van der Waals surface area (Å²) in [5, 5.41) is 2.76. The molecule has 0 unspecified atom stereocenters. The molecule has 3 aromatic rings. The van der Waals surface area contributed by atoms with Gasteiger partial charge in [-0.05, 0) is 73.2 Å². The second-order valence-corrected chi connectivity index (χ2v) is 8.62. The van der Waals surface area contributed by atoms with Crippen molar-refractivity contribution >= 4 is 21.6 Å². The molecule has 3 rings (SSSR count). The molecule has 0 heterocycles. The van der Waals surface area contributed by atoms with Crippen molar-refractivity contribution in [3.63, 3.8) is 0 Å². The highest BCUT2D eigenvalue weighted by Crippen LogP contribution is 2.21. The maximum absolute atomic E-state index is 13.0. The number of ether oxygens (including phenoxy) is 2. The van der Waals surface area contributed by atoms with E-state index in [1.54, 1.807) is 43.3 Å². The number of benzene rings is 3. The summed E-state index contributed by atoms with van der Waals surface area (Å²) in [5.74, 6) is 0.253. The van der Waals surface area contributed by atoms with E-state index in [-0.39, 0.29) is 29.3 Å². The van der Waals surface area contributed by atoms with Crippen molar-refractivity contribution < 1.29 is 27.1 Å². The molecule has 168 valence electrons. The number of sulfonamides is 1. The van der Waals surface area contributed by atoms with Crippen LogP contribution in [-0.4, -0.2) is 28.0 Å². The Labute approximate surface area is 186 Å². The Morgan fingerprint density at radius 3 is 2.12 bits per heavy atom. The monoisotopic (exact) mass is 458 g/mol. The van der Waals surface area contributed by atoms with Gasteiger partial charge in [0.05, 0.1) is 18.0 Å². The second-order valence-electron chi connectivity index (χ2n) is 6.93. The molecule has 0 saturated heterocycles. The van der Waals surface area contributed by atoms with Gasteiger partial charge >= 0.3 is 0 Å². The SMILES string of the molecule is COc1ccc(NS(=O)(=O)c2ccc(OCC(=O)N[C@H](C)c3ccc(F)cc3)cc2)cc1. The first-order chi connectivity index (χ1) is 15.3. The highest BCUT2D eigenvalue weighted by atomic mass is 32.2. The Kier molecular flexibility index (Phi) is 7.32. The van der Waals surface area contributed by atoms with E-state index >= 15 is 0 Å². The van der Waals surface area contributed by atoms with E-state index in [0.29, 0.717) is 17.2 Å². The summed E-state index contributed by atoms with van der Waals surface area (Å²) >= 11 is 0. The molecule has 0 aromatic heterocycles. The quantitative estimate of drug-likeness (QED) is 0.507. The summed E-state index contributed by atoms with van der Waals surface area (Å²) in [6.45, 7) is 1.53. The average molecular weight is 459 g/mol. The van der Waals surface area contributed by atoms with Gasteiger partial charge in [0.15, 0.2) is 6.61 Å². The molecular weight excluding hydrogens is 435 g/mol. The molecule has 0 spiro atoms. The van der Waals surface area contributed by atoms with Crippen molar-refractivity contribution in [2.24, 2.45) is 0 Å². The lowest BCUT2D eigenvalue weighted by atomic mass is 10.1. The van der Waals surface area contributed by atoms with Gasteiger partial charge < -0.3 is 14.8 Å². The molecule has 0 bridgehead atoms. The van der Waals surface area contributed by atoms with Crippen LogP contribution in [-0.2, 0) is 14.8 Å². The number of amides is 1. The highest BCUT2D eigenvalue weighted by Gasteiger charge is 2.15. The zero-order valence-corrected chi connectivity index (χ0v) is 18.4. The maximum Gasteiger partial charge on any atom is 0.261 e. The van der Waals surface area contributed by atoms with Crippen molar-refractivity contribution in [2.75, 3.05) is 18.4 Å². The lowest BCUT2D eigenvalue weighted by Crippen LogP contribution is -2.31. The second kappa shape index (κ2) is 10.1. The average Bonchev–Trinajstić information content (AvgIpc) is 2.78. The number of methoxy groups -OCH3 is 1.